The first kappa shape index (κ1) is 16.8. The molecule has 5 nitrogen and oxygen atoms in total. The van der Waals surface area contributed by atoms with Crippen molar-refractivity contribution >= 4 is 23.2 Å². The van der Waals surface area contributed by atoms with Gasteiger partial charge < -0.3 is 15.2 Å². The van der Waals surface area contributed by atoms with E-state index < -0.39 is 5.82 Å². The summed E-state index contributed by atoms with van der Waals surface area (Å²) in [5.74, 6) is -0.752. The van der Waals surface area contributed by atoms with Gasteiger partial charge in [0.15, 0.2) is 0 Å². The van der Waals surface area contributed by atoms with Crippen LogP contribution in [0.4, 0.5) is 10.1 Å². The Morgan fingerprint density at radius 2 is 2.25 bits per heavy atom. The number of carbonyl (C=O) groups is 1. The van der Waals surface area contributed by atoms with Gasteiger partial charge in [0.2, 0.25) is 5.91 Å². The van der Waals surface area contributed by atoms with Crippen LogP contribution in [0.3, 0.4) is 0 Å². The zero-order chi connectivity index (χ0) is 15.0. The minimum atomic E-state index is -0.463. The van der Waals surface area contributed by atoms with Gasteiger partial charge in [-0.1, -0.05) is 11.6 Å². The lowest BCUT2D eigenvalue weighted by atomic mass is 10.3. The molecule has 0 bridgehead atoms. The van der Waals surface area contributed by atoms with E-state index in [9.17, 15) is 9.18 Å². The van der Waals surface area contributed by atoms with Crippen LogP contribution in [0.2, 0.25) is 5.02 Å². The minimum absolute atomic E-state index is 0.0473. The molecule has 0 spiro atoms. The highest BCUT2D eigenvalue weighted by molar-refractivity contribution is 6.33. The standard InChI is InChI=1S/C13H18ClFN2O3/c1-20-7-5-17(4-6-18)9-13(19)16-12-3-2-10(15)8-11(12)14/h2-3,8,18H,4-7,9H2,1H3,(H,16,19). The van der Waals surface area contributed by atoms with Gasteiger partial charge >= 0.3 is 0 Å². The number of methoxy groups -OCH3 is 1. The van der Waals surface area contributed by atoms with E-state index in [2.05, 4.69) is 5.32 Å². The highest BCUT2D eigenvalue weighted by atomic mass is 35.5. The molecule has 0 atom stereocenters. The maximum atomic E-state index is 12.9. The number of amides is 1. The molecule has 1 amide bonds. The Hall–Kier alpha value is -1.21. The van der Waals surface area contributed by atoms with Gasteiger partial charge in [0.25, 0.3) is 0 Å². The van der Waals surface area contributed by atoms with Crippen LogP contribution >= 0.6 is 11.6 Å². The number of ether oxygens (including phenoxy) is 1. The molecule has 1 aromatic carbocycles. The van der Waals surface area contributed by atoms with Crippen molar-refractivity contribution < 1.29 is 19.0 Å². The molecular weight excluding hydrogens is 287 g/mol. The molecule has 1 aromatic rings. The van der Waals surface area contributed by atoms with E-state index in [4.69, 9.17) is 21.4 Å². The number of rotatable bonds is 8. The lowest BCUT2D eigenvalue weighted by Gasteiger charge is -2.20. The topological polar surface area (TPSA) is 61.8 Å². The second-order valence-corrected chi connectivity index (χ2v) is 4.57. The molecule has 112 valence electrons. The zero-order valence-electron chi connectivity index (χ0n) is 11.2. The summed E-state index contributed by atoms with van der Waals surface area (Å²) in [6.07, 6.45) is 0. The number of aliphatic hydroxyl groups excluding tert-OH is 1. The van der Waals surface area contributed by atoms with Crippen molar-refractivity contribution in [2.45, 2.75) is 0 Å². The molecule has 0 fully saturated rings. The first-order valence-electron chi connectivity index (χ1n) is 6.14. The lowest BCUT2D eigenvalue weighted by Crippen LogP contribution is -2.37. The number of carbonyl (C=O) groups excluding carboxylic acids is 1. The maximum absolute atomic E-state index is 12.9. The average molecular weight is 305 g/mol. The van der Waals surface area contributed by atoms with Gasteiger partial charge in [-0.25, -0.2) is 4.39 Å². The predicted molar refractivity (Wildman–Crippen MR) is 75.4 cm³/mol. The van der Waals surface area contributed by atoms with Crippen molar-refractivity contribution in [3.8, 4) is 0 Å². The third-order valence-corrected chi connectivity index (χ3v) is 2.91. The minimum Gasteiger partial charge on any atom is -0.395 e. The molecule has 2 N–H and O–H groups in total. The van der Waals surface area contributed by atoms with Crippen molar-refractivity contribution in [3.05, 3.63) is 29.0 Å². The Kier molecular flexibility index (Phi) is 7.46. The summed E-state index contributed by atoms with van der Waals surface area (Å²) in [5, 5.41) is 11.7. The number of anilines is 1. The Labute approximate surface area is 122 Å². The molecule has 0 aliphatic carbocycles. The predicted octanol–water partition coefficient (Wildman–Crippen LogP) is 1.36. The Morgan fingerprint density at radius 3 is 2.85 bits per heavy atom. The normalized spacial score (nSPS) is 10.8. The fourth-order valence-corrected chi connectivity index (χ4v) is 1.83. The van der Waals surface area contributed by atoms with E-state index in [1.54, 1.807) is 12.0 Å². The Bertz CT molecular complexity index is 446. The largest absolute Gasteiger partial charge is 0.395 e. The van der Waals surface area contributed by atoms with Crippen LogP contribution in [0, 0.1) is 5.82 Å². The summed E-state index contributed by atoms with van der Waals surface area (Å²) in [6.45, 7) is 1.41. The molecule has 20 heavy (non-hydrogen) atoms. The van der Waals surface area contributed by atoms with Gasteiger partial charge in [-0.05, 0) is 18.2 Å². The van der Waals surface area contributed by atoms with E-state index in [0.29, 0.717) is 25.4 Å². The molecule has 1 rings (SSSR count). The number of hydrogen-bond donors (Lipinski definition) is 2. The molecular formula is C13H18ClFN2O3. The number of nitrogens with one attached hydrogen (secondary N) is 1. The summed E-state index contributed by atoms with van der Waals surface area (Å²) in [5.41, 5.74) is 0.355. The smallest absolute Gasteiger partial charge is 0.238 e. The number of benzene rings is 1. The fraction of sp³-hybridized carbons (Fsp3) is 0.462. The fourth-order valence-electron chi connectivity index (χ4n) is 1.62. The van der Waals surface area contributed by atoms with Gasteiger partial charge in [0, 0.05) is 20.2 Å². The van der Waals surface area contributed by atoms with Gasteiger partial charge in [0.1, 0.15) is 5.82 Å². The number of hydrogen-bond acceptors (Lipinski definition) is 4. The SMILES string of the molecule is COCCN(CCO)CC(=O)Nc1ccc(F)cc1Cl. The summed E-state index contributed by atoms with van der Waals surface area (Å²) < 4.78 is 17.8. The number of aliphatic hydroxyl groups is 1. The van der Waals surface area contributed by atoms with Gasteiger partial charge in [0.05, 0.1) is 30.5 Å². The third-order valence-electron chi connectivity index (χ3n) is 2.60. The molecule has 0 aliphatic rings. The Balaban J connectivity index is 2.55. The molecule has 0 aliphatic heterocycles. The summed E-state index contributed by atoms with van der Waals surface area (Å²) in [4.78, 5) is 13.6. The zero-order valence-corrected chi connectivity index (χ0v) is 12.0. The highest BCUT2D eigenvalue weighted by Gasteiger charge is 2.12. The quantitative estimate of drug-likeness (QED) is 0.761. The van der Waals surface area contributed by atoms with Gasteiger partial charge in [-0.15, -0.1) is 0 Å². The first-order valence-corrected chi connectivity index (χ1v) is 6.51. The van der Waals surface area contributed by atoms with Crippen LogP contribution in [0.1, 0.15) is 0 Å². The summed E-state index contributed by atoms with van der Waals surface area (Å²) in [6, 6.07) is 3.76. The molecule has 7 heteroatoms. The number of halogens is 2. The lowest BCUT2D eigenvalue weighted by molar-refractivity contribution is -0.117. The van der Waals surface area contributed by atoms with Gasteiger partial charge in [-0.3, -0.25) is 9.69 Å². The highest BCUT2D eigenvalue weighted by Crippen LogP contribution is 2.22. The summed E-state index contributed by atoms with van der Waals surface area (Å²) >= 11 is 5.83. The van der Waals surface area contributed by atoms with Crippen molar-refractivity contribution in [2.75, 3.05) is 45.3 Å². The monoisotopic (exact) mass is 304 g/mol. The second kappa shape index (κ2) is 8.86. The van der Waals surface area contributed by atoms with Crippen LogP contribution < -0.4 is 5.32 Å². The molecule has 0 aromatic heterocycles. The van der Waals surface area contributed by atoms with Crippen molar-refractivity contribution in [3.63, 3.8) is 0 Å². The van der Waals surface area contributed by atoms with E-state index in [-0.39, 0.29) is 24.1 Å². The molecule has 0 saturated heterocycles. The number of nitrogens with zero attached hydrogens (tertiary/aromatic N) is 1. The molecule has 0 unspecified atom stereocenters. The van der Waals surface area contributed by atoms with Crippen LogP contribution in [0.25, 0.3) is 0 Å². The average Bonchev–Trinajstić information content (AvgIpc) is 2.39. The van der Waals surface area contributed by atoms with Gasteiger partial charge in [-0.2, -0.15) is 0 Å². The first-order chi connectivity index (χ1) is 9.56. The van der Waals surface area contributed by atoms with Crippen molar-refractivity contribution in [2.24, 2.45) is 0 Å². The molecule has 0 saturated carbocycles. The van der Waals surface area contributed by atoms with Crippen LogP contribution in [-0.4, -0.2) is 55.9 Å². The van der Waals surface area contributed by atoms with Crippen LogP contribution in [0.15, 0.2) is 18.2 Å². The molecule has 0 heterocycles. The second-order valence-electron chi connectivity index (χ2n) is 4.16. The van der Waals surface area contributed by atoms with E-state index >= 15 is 0 Å². The van der Waals surface area contributed by atoms with E-state index in [0.717, 1.165) is 6.07 Å². The van der Waals surface area contributed by atoms with E-state index in [1.807, 2.05) is 0 Å². The van der Waals surface area contributed by atoms with Crippen molar-refractivity contribution in [1.29, 1.82) is 0 Å². The van der Waals surface area contributed by atoms with Crippen LogP contribution in [-0.2, 0) is 9.53 Å². The molecule has 0 radical (unpaired) electrons. The van der Waals surface area contributed by atoms with Crippen molar-refractivity contribution in [1.82, 2.24) is 4.90 Å². The maximum Gasteiger partial charge on any atom is 0.238 e. The Morgan fingerprint density at radius 1 is 1.50 bits per heavy atom. The van der Waals surface area contributed by atoms with E-state index in [1.165, 1.54) is 12.1 Å². The summed E-state index contributed by atoms with van der Waals surface area (Å²) in [7, 11) is 1.56. The van der Waals surface area contributed by atoms with Crippen LogP contribution in [0.5, 0.6) is 0 Å². The third kappa shape index (κ3) is 5.83.